The maximum Gasteiger partial charge on any atom is 0.253 e. The first-order chi connectivity index (χ1) is 12.2. The van der Waals surface area contributed by atoms with E-state index in [1.54, 1.807) is 0 Å². The van der Waals surface area contributed by atoms with Gasteiger partial charge in [-0.1, -0.05) is 18.6 Å². The van der Waals surface area contributed by atoms with Crippen molar-refractivity contribution in [2.45, 2.75) is 25.2 Å². The molecule has 1 aromatic heterocycles. The van der Waals surface area contributed by atoms with Crippen molar-refractivity contribution in [3.8, 4) is 0 Å². The summed E-state index contributed by atoms with van der Waals surface area (Å²) in [7, 11) is 0. The lowest BCUT2D eigenvalue weighted by Crippen LogP contribution is -2.34. The van der Waals surface area contributed by atoms with Crippen LogP contribution >= 0.6 is 11.7 Å². The zero-order valence-corrected chi connectivity index (χ0v) is 14.5. The fraction of sp³-hybridized carbons (Fsp3) is 0.316. The molecule has 1 aliphatic heterocycles. The van der Waals surface area contributed by atoms with Crippen LogP contribution in [-0.4, -0.2) is 32.6 Å². The largest absolute Gasteiger partial charge is 0.338 e. The number of carbonyl (C=O) groups is 1. The molecule has 2 heterocycles. The number of aromatic nitrogens is 2. The van der Waals surface area contributed by atoms with E-state index in [0.29, 0.717) is 12.1 Å². The number of hydrogen-bond donors (Lipinski definition) is 0. The maximum absolute atomic E-state index is 13.2. The van der Waals surface area contributed by atoms with E-state index in [-0.39, 0.29) is 17.6 Å². The number of nitrogens with zero attached hydrogens (tertiary/aromatic N) is 3. The Bertz CT molecular complexity index is 893. The highest BCUT2D eigenvalue weighted by Gasteiger charge is 2.24. The van der Waals surface area contributed by atoms with Crippen molar-refractivity contribution in [1.29, 1.82) is 0 Å². The first-order valence-electron chi connectivity index (χ1n) is 8.48. The minimum Gasteiger partial charge on any atom is -0.338 e. The average molecular weight is 355 g/mol. The fourth-order valence-corrected chi connectivity index (χ4v) is 3.95. The number of fused-ring (bicyclic) bond motifs is 1. The van der Waals surface area contributed by atoms with Gasteiger partial charge in [-0.3, -0.25) is 4.79 Å². The van der Waals surface area contributed by atoms with E-state index in [0.717, 1.165) is 54.1 Å². The van der Waals surface area contributed by atoms with Gasteiger partial charge in [0.1, 0.15) is 16.9 Å². The van der Waals surface area contributed by atoms with Crippen LogP contribution in [0.3, 0.4) is 0 Å². The van der Waals surface area contributed by atoms with Crippen LogP contribution in [0.25, 0.3) is 11.0 Å². The highest BCUT2D eigenvalue weighted by molar-refractivity contribution is 7.00. The first kappa shape index (κ1) is 16.1. The molecule has 2 aromatic carbocycles. The molecular formula is C19H18FN3OS. The van der Waals surface area contributed by atoms with Crippen LogP contribution in [0.15, 0.2) is 42.5 Å². The Hall–Kier alpha value is -2.34. The predicted molar refractivity (Wildman–Crippen MR) is 96.3 cm³/mol. The van der Waals surface area contributed by atoms with Gasteiger partial charge in [-0.2, -0.15) is 8.75 Å². The number of carbonyl (C=O) groups excluding carboxylic acids is 1. The summed E-state index contributed by atoms with van der Waals surface area (Å²) in [6, 6.07) is 12.2. The molecule has 0 N–H and O–H groups in total. The first-order valence-corrected chi connectivity index (χ1v) is 9.21. The number of halogens is 1. The second-order valence-corrected chi connectivity index (χ2v) is 6.99. The summed E-state index contributed by atoms with van der Waals surface area (Å²) in [6.45, 7) is 1.42. The van der Waals surface area contributed by atoms with E-state index in [1.807, 2.05) is 35.2 Å². The van der Waals surface area contributed by atoms with Gasteiger partial charge in [0.05, 0.1) is 11.7 Å². The van der Waals surface area contributed by atoms with Gasteiger partial charge in [0.15, 0.2) is 0 Å². The lowest BCUT2D eigenvalue weighted by atomic mass is 9.94. The van der Waals surface area contributed by atoms with E-state index >= 15 is 0 Å². The number of benzene rings is 2. The molecule has 1 unspecified atom stereocenters. The Morgan fingerprint density at radius 3 is 2.72 bits per heavy atom. The Labute approximate surface area is 149 Å². The Kier molecular flexibility index (Phi) is 4.44. The molecule has 4 rings (SSSR count). The standard InChI is InChI=1S/C19H18FN3OS/c20-16-7-4-13(5-8-16)15-3-1-2-10-23(12-15)19(24)14-6-9-17-18(11-14)22-25-21-17/h4-9,11,15H,1-3,10,12H2. The summed E-state index contributed by atoms with van der Waals surface area (Å²) >= 11 is 1.16. The molecule has 0 saturated carbocycles. The predicted octanol–water partition coefficient (Wildman–Crippen LogP) is 4.24. The van der Waals surface area contributed by atoms with E-state index in [4.69, 9.17) is 0 Å². The molecule has 6 heteroatoms. The summed E-state index contributed by atoms with van der Waals surface area (Å²) in [5.41, 5.74) is 3.34. The molecule has 1 fully saturated rings. The maximum atomic E-state index is 13.2. The third-order valence-electron chi connectivity index (χ3n) is 4.80. The second kappa shape index (κ2) is 6.88. The number of amides is 1. The molecule has 1 atom stereocenters. The number of hydrogen-bond acceptors (Lipinski definition) is 4. The smallest absolute Gasteiger partial charge is 0.253 e. The summed E-state index contributed by atoms with van der Waals surface area (Å²) in [4.78, 5) is 14.9. The van der Waals surface area contributed by atoms with Crippen molar-refractivity contribution >= 4 is 28.7 Å². The summed E-state index contributed by atoms with van der Waals surface area (Å²) in [5.74, 6) is 0.0520. The lowest BCUT2D eigenvalue weighted by Gasteiger charge is -2.25. The molecule has 0 radical (unpaired) electrons. The van der Waals surface area contributed by atoms with Crippen molar-refractivity contribution in [2.75, 3.05) is 13.1 Å². The highest BCUT2D eigenvalue weighted by Crippen LogP contribution is 2.28. The van der Waals surface area contributed by atoms with Gasteiger partial charge in [0.2, 0.25) is 0 Å². The second-order valence-electron chi connectivity index (χ2n) is 6.46. The third-order valence-corrected chi connectivity index (χ3v) is 5.36. The van der Waals surface area contributed by atoms with Gasteiger partial charge in [-0.05, 0) is 48.7 Å². The molecule has 0 bridgehead atoms. The number of rotatable bonds is 2. The van der Waals surface area contributed by atoms with E-state index in [2.05, 4.69) is 8.75 Å². The quantitative estimate of drug-likeness (QED) is 0.691. The molecule has 3 aromatic rings. The van der Waals surface area contributed by atoms with Crippen LogP contribution in [0.5, 0.6) is 0 Å². The van der Waals surface area contributed by atoms with Gasteiger partial charge in [-0.15, -0.1) is 0 Å². The average Bonchev–Trinajstić information content (AvgIpc) is 2.97. The molecule has 25 heavy (non-hydrogen) atoms. The number of likely N-dealkylation sites (tertiary alicyclic amines) is 1. The van der Waals surface area contributed by atoms with Crippen LogP contribution < -0.4 is 0 Å². The van der Waals surface area contributed by atoms with Crippen molar-refractivity contribution in [1.82, 2.24) is 13.6 Å². The Balaban J connectivity index is 1.57. The molecule has 128 valence electrons. The van der Waals surface area contributed by atoms with Gasteiger partial charge in [-0.25, -0.2) is 4.39 Å². The highest BCUT2D eigenvalue weighted by atomic mass is 32.1. The van der Waals surface area contributed by atoms with E-state index in [9.17, 15) is 9.18 Å². The third kappa shape index (κ3) is 3.39. The monoisotopic (exact) mass is 355 g/mol. The van der Waals surface area contributed by atoms with Crippen LogP contribution in [0.1, 0.15) is 41.1 Å². The van der Waals surface area contributed by atoms with Crippen molar-refractivity contribution in [3.05, 3.63) is 59.4 Å². The van der Waals surface area contributed by atoms with E-state index in [1.165, 1.54) is 12.1 Å². The zero-order valence-electron chi connectivity index (χ0n) is 13.7. The molecule has 0 aliphatic carbocycles. The summed E-state index contributed by atoms with van der Waals surface area (Å²) < 4.78 is 21.6. The zero-order chi connectivity index (χ0) is 17.2. The minimum atomic E-state index is -0.226. The molecule has 1 aliphatic rings. The normalized spacial score (nSPS) is 18.3. The molecule has 1 amide bonds. The van der Waals surface area contributed by atoms with Crippen molar-refractivity contribution in [2.24, 2.45) is 0 Å². The van der Waals surface area contributed by atoms with Crippen LogP contribution in [-0.2, 0) is 0 Å². The Morgan fingerprint density at radius 2 is 1.88 bits per heavy atom. The Morgan fingerprint density at radius 1 is 1.08 bits per heavy atom. The van der Waals surface area contributed by atoms with Crippen molar-refractivity contribution in [3.63, 3.8) is 0 Å². The van der Waals surface area contributed by atoms with E-state index < -0.39 is 0 Å². The lowest BCUT2D eigenvalue weighted by molar-refractivity contribution is 0.0754. The summed E-state index contributed by atoms with van der Waals surface area (Å²) in [5, 5.41) is 0. The molecule has 1 saturated heterocycles. The van der Waals surface area contributed by atoms with Gasteiger partial charge in [0.25, 0.3) is 5.91 Å². The molecule has 4 nitrogen and oxygen atoms in total. The SMILES string of the molecule is O=C(c1ccc2nsnc2c1)N1CCCCC(c2ccc(F)cc2)C1. The van der Waals surface area contributed by atoms with Gasteiger partial charge >= 0.3 is 0 Å². The van der Waals surface area contributed by atoms with Crippen molar-refractivity contribution < 1.29 is 9.18 Å². The minimum absolute atomic E-state index is 0.0314. The van der Waals surface area contributed by atoms with Gasteiger partial charge in [0, 0.05) is 24.6 Å². The van der Waals surface area contributed by atoms with Crippen LogP contribution in [0, 0.1) is 5.82 Å². The molecular weight excluding hydrogens is 337 g/mol. The topological polar surface area (TPSA) is 46.1 Å². The van der Waals surface area contributed by atoms with Crippen LogP contribution in [0.2, 0.25) is 0 Å². The summed E-state index contributed by atoms with van der Waals surface area (Å²) in [6.07, 6.45) is 3.08. The van der Waals surface area contributed by atoms with Crippen LogP contribution in [0.4, 0.5) is 4.39 Å². The molecule has 0 spiro atoms. The fourth-order valence-electron chi connectivity index (χ4n) is 3.43. The van der Waals surface area contributed by atoms with Gasteiger partial charge < -0.3 is 4.90 Å².